The van der Waals surface area contributed by atoms with E-state index in [-0.39, 0.29) is 17.9 Å². The Balaban J connectivity index is 1.61. The Morgan fingerprint density at radius 3 is 2.59 bits per heavy atom. The van der Waals surface area contributed by atoms with E-state index in [2.05, 4.69) is 4.99 Å². The van der Waals surface area contributed by atoms with Crippen molar-refractivity contribution in [2.24, 2.45) is 4.99 Å². The number of carbonyl (C=O) groups is 1. The molecule has 10 heteroatoms. The molecule has 0 saturated carbocycles. The molecule has 0 fully saturated rings. The first-order valence-corrected chi connectivity index (χ1v) is 13.1. The van der Waals surface area contributed by atoms with Crippen LogP contribution in [-0.4, -0.2) is 22.1 Å². The predicted molar refractivity (Wildman–Crippen MR) is 147 cm³/mol. The Kier molecular flexibility index (Phi) is 6.88. The van der Waals surface area contributed by atoms with Gasteiger partial charge in [-0.1, -0.05) is 53.3 Å². The first-order chi connectivity index (χ1) is 18.7. The number of nitrogens with zero attached hydrogens (tertiary/aromatic N) is 3. The van der Waals surface area contributed by atoms with Gasteiger partial charge in [0, 0.05) is 23.3 Å². The molecule has 198 valence electrons. The first-order valence-electron chi connectivity index (χ1n) is 12.3. The van der Waals surface area contributed by atoms with Crippen molar-refractivity contribution >= 4 is 29.1 Å². The fourth-order valence-corrected chi connectivity index (χ4v) is 5.56. The van der Waals surface area contributed by atoms with Crippen molar-refractivity contribution in [1.29, 1.82) is 0 Å². The van der Waals surface area contributed by atoms with Crippen LogP contribution in [0.4, 0.5) is 5.69 Å². The molecule has 0 amide bonds. The average Bonchev–Trinajstić information content (AvgIpc) is 3.48. The summed E-state index contributed by atoms with van der Waals surface area (Å²) >= 11 is 1.20. The molecule has 9 nitrogen and oxygen atoms in total. The zero-order valence-corrected chi connectivity index (χ0v) is 22.6. The molecule has 3 heterocycles. The number of esters is 1. The molecule has 0 N–H and O–H groups in total. The van der Waals surface area contributed by atoms with Gasteiger partial charge >= 0.3 is 5.97 Å². The van der Waals surface area contributed by atoms with Gasteiger partial charge in [-0.05, 0) is 45.4 Å². The number of furan rings is 1. The smallest absolute Gasteiger partial charge is 0.338 e. The van der Waals surface area contributed by atoms with Gasteiger partial charge in [0.1, 0.15) is 11.5 Å². The van der Waals surface area contributed by atoms with Crippen molar-refractivity contribution in [3.63, 3.8) is 0 Å². The number of rotatable bonds is 6. The molecule has 1 atom stereocenters. The average molecular weight is 544 g/mol. The van der Waals surface area contributed by atoms with Gasteiger partial charge in [0.2, 0.25) is 0 Å². The Labute approximate surface area is 227 Å². The maximum atomic E-state index is 13.7. The Morgan fingerprint density at radius 2 is 1.90 bits per heavy atom. The fourth-order valence-electron chi connectivity index (χ4n) is 4.53. The minimum Gasteiger partial charge on any atom is -0.463 e. The highest BCUT2D eigenvalue weighted by atomic mass is 32.1. The van der Waals surface area contributed by atoms with Crippen LogP contribution in [0.25, 0.3) is 17.4 Å². The third-order valence-corrected chi connectivity index (χ3v) is 7.48. The molecule has 5 rings (SSSR count). The number of allylic oxidation sites excluding steroid dienone is 1. The molecule has 39 heavy (non-hydrogen) atoms. The van der Waals surface area contributed by atoms with E-state index in [1.165, 1.54) is 22.0 Å². The molecule has 2 aromatic carbocycles. The van der Waals surface area contributed by atoms with Crippen LogP contribution in [0.1, 0.15) is 42.3 Å². The van der Waals surface area contributed by atoms with Crippen molar-refractivity contribution in [3.8, 4) is 11.3 Å². The second kappa shape index (κ2) is 10.3. The summed E-state index contributed by atoms with van der Waals surface area (Å²) in [7, 11) is 0. The zero-order chi connectivity index (χ0) is 27.8. The number of thiazole rings is 1. The second-order valence-corrected chi connectivity index (χ2v) is 10.2. The summed E-state index contributed by atoms with van der Waals surface area (Å²) in [5.74, 6) is 0.336. The van der Waals surface area contributed by atoms with E-state index in [1.54, 1.807) is 51.1 Å². The van der Waals surface area contributed by atoms with E-state index in [9.17, 15) is 19.7 Å². The summed E-state index contributed by atoms with van der Waals surface area (Å²) in [5.41, 5.74) is 3.43. The second-order valence-electron chi connectivity index (χ2n) is 9.17. The normalized spacial score (nSPS) is 15.2. The quantitative estimate of drug-likeness (QED) is 0.200. The number of ether oxygens (including phenoxy) is 1. The van der Waals surface area contributed by atoms with Crippen LogP contribution >= 0.6 is 11.3 Å². The lowest BCUT2D eigenvalue weighted by atomic mass is 9.95. The van der Waals surface area contributed by atoms with Crippen molar-refractivity contribution in [3.05, 3.63) is 118 Å². The molecular weight excluding hydrogens is 518 g/mol. The molecule has 1 aliphatic heterocycles. The molecular formula is C29H25N3O6S. The topological polar surface area (TPSA) is 117 Å². The number of benzene rings is 2. The Bertz CT molecular complexity index is 1830. The number of nitro groups is 1. The minimum absolute atomic E-state index is 0.00244. The number of hydrogen-bond donors (Lipinski definition) is 0. The van der Waals surface area contributed by atoms with Crippen LogP contribution in [0.2, 0.25) is 0 Å². The zero-order valence-electron chi connectivity index (χ0n) is 21.8. The lowest BCUT2D eigenvalue weighted by Crippen LogP contribution is -2.39. The highest BCUT2D eigenvalue weighted by Gasteiger charge is 2.33. The Hall–Kier alpha value is -4.57. The summed E-state index contributed by atoms with van der Waals surface area (Å²) in [4.78, 5) is 42.7. The van der Waals surface area contributed by atoms with Crippen molar-refractivity contribution < 1.29 is 18.9 Å². The number of fused-ring (bicyclic) bond motifs is 1. The van der Waals surface area contributed by atoms with Crippen LogP contribution < -0.4 is 14.9 Å². The van der Waals surface area contributed by atoms with Gasteiger partial charge < -0.3 is 9.15 Å². The van der Waals surface area contributed by atoms with Crippen LogP contribution in [0.3, 0.4) is 0 Å². The number of hydrogen-bond acceptors (Lipinski definition) is 8. The van der Waals surface area contributed by atoms with E-state index in [1.807, 2.05) is 31.2 Å². The van der Waals surface area contributed by atoms with Gasteiger partial charge in [0.05, 0.1) is 33.4 Å². The van der Waals surface area contributed by atoms with E-state index in [0.717, 1.165) is 11.1 Å². The van der Waals surface area contributed by atoms with Crippen LogP contribution in [0, 0.1) is 24.0 Å². The summed E-state index contributed by atoms with van der Waals surface area (Å²) in [6, 6.07) is 15.3. The fraction of sp³-hybridized carbons (Fsp3) is 0.207. The first kappa shape index (κ1) is 26.1. The van der Waals surface area contributed by atoms with Crippen LogP contribution in [0.5, 0.6) is 0 Å². The van der Waals surface area contributed by atoms with Crippen molar-refractivity contribution in [1.82, 2.24) is 4.57 Å². The molecule has 0 bridgehead atoms. The maximum Gasteiger partial charge on any atom is 0.338 e. The maximum absolute atomic E-state index is 13.7. The summed E-state index contributed by atoms with van der Waals surface area (Å²) in [6.45, 7) is 7.31. The van der Waals surface area contributed by atoms with Crippen molar-refractivity contribution in [2.75, 3.05) is 6.61 Å². The largest absolute Gasteiger partial charge is 0.463 e. The van der Waals surface area contributed by atoms with Crippen molar-refractivity contribution in [2.45, 2.75) is 33.7 Å². The van der Waals surface area contributed by atoms with Crippen LogP contribution in [-0.2, 0) is 9.53 Å². The third-order valence-electron chi connectivity index (χ3n) is 6.50. The SMILES string of the molecule is CCOC(=O)C1=C(C)N=c2s/c(=C\c3ccc(-c4ccc(C)c([N+](=O)[O-])c4)o3)c(=O)n2[C@H]1c1ccc(C)cc1. The summed E-state index contributed by atoms with van der Waals surface area (Å²) < 4.78 is 13.2. The molecule has 0 unspecified atom stereocenters. The Morgan fingerprint density at radius 1 is 1.15 bits per heavy atom. The van der Waals surface area contributed by atoms with Gasteiger partial charge in [-0.25, -0.2) is 9.79 Å². The van der Waals surface area contributed by atoms with Gasteiger partial charge in [-0.3, -0.25) is 19.5 Å². The number of aryl methyl sites for hydroxylation is 2. The molecule has 2 aromatic heterocycles. The van der Waals surface area contributed by atoms with E-state index in [4.69, 9.17) is 9.15 Å². The highest BCUT2D eigenvalue weighted by molar-refractivity contribution is 7.07. The third kappa shape index (κ3) is 4.86. The van der Waals surface area contributed by atoms with E-state index < -0.39 is 16.9 Å². The molecule has 0 spiro atoms. The van der Waals surface area contributed by atoms with Gasteiger partial charge in [-0.2, -0.15) is 0 Å². The van der Waals surface area contributed by atoms with Gasteiger partial charge in [0.25, 0.3) is 11.2 Å². The van der Waals surface area contributed by atoms with Gasteiger partial charge in [-0.15, -0.1) is 0 Å². The summed E-state index contributed by atoms with van der Waals surface area (Å²) in [6.07, 6.45) is 1.62. The predicted octanol–water partition coefficient (Wildman–Crippen LogP) is 4.58. The lowest BCUT2D eigenvalue weighted by molar-refractivity contribution is -0.385. The van der Waals surface area contributed by atoms with E-state index >= 15 is 0 Å². The standard InChI is InChI=1S/C29H25N3O6S/c1-5-37-28(34)25-18(4)30-29-31(26(25)19-9-6-16(2)7-10-19)27(33)24(39-29)15-21-12-13-23(38-21)20-11-8-17(3)22(14-20)32(35)36/h6-15,26H,5H2,1-4H3/b24-15-/t26-/m0/s1. The van der Waals surface area contributed by atoms with E-state index in [0.29, 0.717) is 43.3 Å². The summed E-state index contributed by atoms with van der Waals surface area (Å²) in [5, 5.41) is 11.3. The number of nitro benzene ring substituents is 1. The number of aromatic nitrogens is 1. The molecule has 0 radical (unpaired) electrons. The molecule has 4 aromatic rings. The lowest BCUT2D eigenvalue weighted by Gasteiger charge is -2.24. The highest BCUT2D eigenvalue weighted by Crippen LogP contribution is 2.31. The molecule has 0 aliphatic carbocycles. The molecule has 0 saturated heterocycles. The molecule has 1 aliphatic rings. The minimum atomic E-state index is -0.691. The van der Waals surface area contributed by atoms with Crippen LogP contribution in [0.15, 0.2) is 80.1 Å². The number of carbonyl (C=O) groups excluding carboxylic acids is 1. The monoisotopic (exact) mass is 543 g/mol. The van der Waals surface area contributed by atoms with Gasteiger partial charge in [0.15, 0.2) is 4.80 Å².